The van der Waals surface area contributed by atoms with Crippen LogP contribution in [0.3, 0.4) is 0 Å². The summed E-state index contributed by atoms with van der Waals surface area (Å²) in [5.74, 6) is -1.01. The Morgan fingerprint density at radius 2 is 1.94 bits per heavy atom. The van der Waals surface area contributed by atoms with Gasteiger partial charge in [-0.1, -0.05) is 18.2 Å². The van der Waals surface area contributed by atoms with Gasteiger partial charge in [0.25, 0.3) is 5.91 Å². The van der Waals surface area contributed by atoms with E-state index in [2.05, 4.69) is 30.6 Å². The minimum absolute atomic E-state index is 0.0739. The monoisotopic (exact) mass is 453 g/mol. The number of amides is 1. The van der Waals surface area contributed by atoms with Crippen LogP contribution in [0, 0.1) is 11.7 Å². The molecule has 9 nitrogen and oxygen atoms in total. The van der Waals surface area contributed by atoms with Crippen molar-refractivity contribution in [1.82, 2.24) is 30.6 Å². The summed E-state index contributed by atoms with van der Waals surface area (Å²) in [7, 11) is 0. The lowest BCUT2D eigenvalue weighted by atomic mass is 9.84. The fraction of sp³-hybridized carbons (Fsp3) is 0.238. The molecular weight excluding hydrogens is 433 g/mol. The minimum Gasteiger partial charge on any atom is -0.396 e. The zero-order valence-corrected chi connectivity index (χ0v) is 17.7. The molecule has 1 amide bonds. The lowest BCUT2D eigenvalue weighted by molar-refractivity contribution is 0.0975. The van der Waals surface area contributed by atoms with Crippen molar-refractivity contribution < 1.29 is 14.3 Å². The van der Waals surface area contributed by atoms with Crippen LogP contribution in [-0.2, 0) is 5.54 Å². The maximum absolute atomic E-state index is 13.3. The van der Waals surface area contributed by atoms with Crippen LogP contribution in [0.25, 0.3) is 0 Å². The van der Waals surface area contributed by atoms with E-state index < -0.39 is 17.3 Å². The standard InChI is InChI=1S/C21H20FN7O2S/c22-16-8-25-19(26-9-16)29-11-15(12-30)21(13-29,17-10-23-6-7-24-17)28-20(32)27-18(31)14-4-2-1-3-5-14/h1-10,15,30H,11-13H2,(H2,27,28,31,32). The van der Waals surface area contributed by atoms with Crippen LogP contribution < -0.4 is 15.5 Å². The summed E-state index contributed by atoms with van der Waals surface area (Å²) < 4.78 is 13.3. The van der Waals surface area contributed by atoms with E-state index in [0.29, 0.717) is 23.8 Å². The van der Waals surface area contributed by atoms with E-state index in [9.17, 15) is 14.3 Å². The zero-order valence-electron chi connectivity index (χ0n) is 16.8. The number of aliphatic hydroxyl groups excluding tert-OH is 1. The maximum Gasteiger partial charge on any atom is 0.257 e. The Balaban J connectivity index is 1.63. The van der Waals surface area contributed by atoms with Crippen LogP contribution in [0.15, 0.2) is 61.3 Å². The number of anilines is 1. The van der Waals surface area contributed by atoms with Crippen molar-refractivity contribution in [3.05, 3.63) is 78.4 Å². The van der Waals surface area contributed by atoms with Crippen LogP contribution in [0.2, 0.25) is 0 Å². The number of aliphatic hydroxyl groups is 1. The first-order chi connectivity index (χ1) is 15.5. The number of hydrogen-bond donors (Lipinski definition) is 3. The number of nitrogens with one attached hydrogen (secondary N) is 2. The quantitative estimate of drug-likeness (QED) is 0.487. The summed E-state index contributed by atoms with van der Waals surface area (Å²) in [5, 5.41) is 16.1. The Morgan fingerprint density at radius 1 is 1.19 bits per heavy atom. The SMILES string of the molecule is O=C(NC(=S)NC1(c2cnccn2)CN(c2ncc(F)cn2)CC1CO)c1ccccc1. The maximum atomic E-state index is 13.3. The van der Waals surface area contributed by atoms with Gasteiger partial charge in [-0.2, -0.15) is 0 Å². The summed E-state index contributed by atoms with van der Waals surface area (Å²) in [4.78, 5) is 31.0. The highest BCUT2D eigenvalue weighted by molar-refractivity contribution is 7.80. The summed E-state index contributed by atoms with van der Waals surface area (Å²) in [6.07, 6.45) is 6.81. The average molecular weight is 454 g/mol. The number of carbonyl (C=O) groups excluding carboxylic acids is 1. The highest BCUT2D eigenvalue weighted by Crippen LogP contribution is 2.37. The first-order valence-corrected chi connectivity index (χ1v) is 10.2. The molecule has 11 heteroatoms. The third-order valence-corrected chi connectivity index (χ3v) is 5.51. The van der Waals surface area contributed by atoms with Gasteiger partial charge in [-0.15, -0.1) is 0 Å². The van der Waals surface area contributed by atoms with Crippen molar-refractivity contribution in [1.29, 1.82) is 0 Å². The summed E-state index contributed by atoms with van der Waals surface area (Å²) in [6.45, 7) is 0.390. The molecule has 0 saturated carbocycles. The van der Waals surface area contributed by atoms with Gasteiger partial charge >= 0.3 is 0 Å². The van der Waals surface area contributed by atoms with Crippen molar-refractivity contribution in [3.63, 3.8) is 0 Å². The highest BCUT2D eigenvalue weighted by atomic mass is 32.1. The molecule has 1 saturated heterocycles. The van der Waals surface area contributed by atoms with Crippen LogP contribution in [-0.4, -0.2) is 55.8 Å². The van der Waals surface area contributed by atoms with Gasteiger partial charge in [0.1, 0.15) is 5.54 Å². The Kier molecular flexibility index (Phi) is 6.28. The second-order valence-corrected chi connectivity index (χ2v) is 7.71. The third kappa shape index (κ3) is 4.39. The molecule has 3 aromatic rings. The Bertz CT molecular complexity index is 1090. The summed E-state index contributed by atoms with van der Waals surface area (Å²) >= 11 is 5.44. The molecule has 0 aliphatic carbocycles. The van der Waals surface area contributed by atoms with E-state index in [1.165, 1.54) is 12.4 Å². The van der Waals surface area contributed by atoms with Gasteiger partial charge in [-0.3, -0.25) is 20.1 Å². The third-order valence-electron chi connectivity index (χ3n) is 5.31. The van der Waals surface area contributed by atoms with Gasteiger partial charge in [-0.05, 0) is 24.4 Å². The van der Waals surface area contributed by atoms with Gasteiger partial charge < -0.3 is 15.3 Å². The normalized spacial score (nSPS) is 20.1. The van der Waals surface area contributed by atoms with Crippen molar-refractivity contribution in [2.45, 2.75) is 5.54 Å². The number of halogens is 1. The zero-order chi connectivity index (χ0) is 22.6. The number of thiocarbonyl (C=S) groups is 1. The molecule has 1 fully saturated rings. The van der Waals surface area contributed by atoms with Gasteiger partial charge in [0.15, 0.2) is 10.9 Å². The van der Waals surface area contributed by atoms with Crippen LogP contribution >= 0.6 is 12.2 Å². The Morgan fingerprint density at radius 3 is 2.59 bits per heavy atom. The first kappa shape index (κ1) is 21.7. The predicted molar refractivity (Wildman–Crippen MR) is 118 cm³/mol. The molecule has 3 N–H and O–H groups in total. The van der Waals surface area contributed by atoms with E-state index in [1.807, 2.05) is 6.07 Å². The summed E-state index contributed by atoms with van der Waals surface area (Å²) in [6, 6.07) is 8.68. The van der Waals surface area contributed by atoms with E-state index in [4.69, 9.17) is 12.2 Å². The van der Waals surface area contributed by atoms with Crippen LogP contribution in [0.5, 0.6) is 0 Å². The number of nitrogens with zero attached hydrogens (tertiary/aromatic N) is 5. The van der Waals surface area contributed by atoms with Crippen LogP contribution in [0.4, 0.5) is 10.3 Å². The minimum atomic E-state index is -0.998. The number of aromatic nitrogens is 4. The van der Waals surface area contributed by atoms with Crippen LogP contribution in [0.1, 0.15) is 16.1 Å². The fourth-order valence-corrected chi connectivity index (χ4v) is 4.05. The molecule has 32 heavy (non-hydrogen) atoms. The van der Waals surface area contributed by atoms with Gasteiger partial charge in [0, 0.05) is 30.4 Å². The summed E-state index contributed by atoms with van der Waals surface area (Å²) in [5.41, 5.74) is -0.0152. The van der Waals surface area contributed by atoms with Gasteiger partial charge in [-0.25, -0.2) is 14.4 Å². The Labute approximate surface area is 188 Å². The number of carbonyl (C=O) groups is 1. The molecule has 0 bridgehead atoms. The molecule has 2 aromatic heterocycles. The lowest BCUT2D eigenvalue weighted by Gasteiger charge is -2.35. The molecule has 1 aromatic carbocycles. The van der Waals surface area contributed by atoms with Crippen molar-refractivity contribution in [2.24, 2.45) is 5.92 Å². The van der Waals surface area contributed by atoms with Crippen molar-refractivity contribution in [2.75, 3.05) is 24.6 Å². The first-order valence-electron chi connectivity index (χ1n) is 9.80. The largest absolute Gasteiger partial charge is 0.396 e. The highest BCUT2D eigenvalue weighted by Gasteiger charge is 2.50. The Hall–Kier alpha value is -3.57. The van der Waals surface area contributed by atoms with E-state index in [1.54, 1.807) is 35.4 Å². The van der Waals surface area contributed by atoms with E-state index in [-0.39, 0.29) is 24.2 Å². The molecule has 1 aliphatic rings. The number of hydrogen-bond acceptors (Lipinski definition) is 8. The number of rotatable bonds is 5. The molecule has 0 radical (unpaired) electrons. The van der Waals surface area contributed by atoms with Crippen molar-refractivity contribution in [3.8, 4) is 0 Å². The topological polar surface area (TPSA) is 116 Å². The van der Waals surface area contributed by atoms with Gasteiger partial charge in [0.05, 0.1) is 37.4 Å². The molecule has 4 rings (SSSR count). The van der Waals surface area contributed by atoms with Gasteiger partial charge in [0.2, 0.25) is 5.95 Å². The molecule has 0 spiro atoms. The molecular formula is C21H20FN7O2S. The molecule has 2 unspecified atom stereocenters. The molecule has 164 valence electrons. The smallest absolute Gasteiger partial charge is 0.257 e. The predicted octanol–water partition coefficient (Wildman–Crippen LogP) is 1.03. The average Bonchev–Trinajstić information content (AvgIpc) is 3.20. The molecule has 3 heterocycles. The number of benzene rings is 1. The van der Waals surface area contributed by atoms with Crippen molar-refractivity contribution >= 4 is 29.2 Å². The second-order valence-electron chi connectivity index (χ2n) is 7.30. The second kappa shape index (κ2) is 9.28. The molecule has 2 atom stereocenters. The lowest BCUT2D eigenvalue weighted by Crippen LogP contribution is -2.56. The molecule has 1 aliphatic heterocycles. The van der Waals surface area contributed by atoms with E-state index >= 15 is 0 Å². The van der Waals surface area contributed by atoms with E-state index in [0.717, 1.165) is 12.4 Å². The fourth-order valence-electron chi connectivity index (χ4n) is 3.78.